The average Bonchev–Trinajstić information content (AvgIpc) is 3.38. The third-order valence-electron chi connectivity index (χ3n) is 4.24. The fourth-order valence-corrected chi connectivity index (χ4v) is 3.38. The van der Waals surface area contributed by atoms with Crippen LogP contribution in [0.3, 0.4) is 0 Å². The number of esters is 1. The molecule has 0 aliphatic heterocycles. The molecule has 0 spiro atoms. The Morgan fingerprint density at radius 3 is 2.77 bits per heavy atom. The molecular weight excluding hydrogens is 408 g/mol. The third-order valence-corrected chi connectivity index (χ3v) is 5.11. The second-order valence-corrected chi connectivity index (χ2v) is 7.56. The number of aromatic nitrogens is 4. The van der Waals surface area contributed by atoms with Crippen LogP contribution in [0.15, 0.2) is 23.6 Å². The highest BCUT2D eigenvalue weighted by Crippen LogP contribution is 2.08. The van der Waals surface area contributed by atoms with Crippen LogP contribution in [0.5, 0.6) is 0 Å². The van der Waals surface area contributed by atoms with Crippen LogP contribution in [0.2, 0.25) is 0 Å². The van der Waals surface area contributed by atoms with Crippen LogP contribution in [0.25, 0.3) is 5.78 Å². The van der Waals surface area contributed by atoms with E-state index in [2.05, 4.69) is 20.4 Å². The van der Waals surface area contributed by atoms with E-state index in [0.717, 1.165) is 16.3 Å². The van der Waals surface area contributed by atoms with E-state index in [1.165, 1.54) is 20.8 Å². The lowest BCUT2D eigenvalue weighted by Gasteiger charge is -2.19. The van der Waals surface area contributed by atoms with Crippen LogP contribution in [-0.2, 0) is 20.9 Å². The summed E-state index contributed by atoms with van der Waals surface area (Å²) in [5.74, 6) is -1.50. The molecule has 158 valence electrons. The predicted octanol–water partition coefficient (Wildman–Crippen LogP) is 1.12. The zero-order chi connectivity index (χ0) is 21.7. The molecular formula is C19H22N6O4S. The molecule has 3 aromatic rings. The number of likely N-dealkylation sites (N-methyl/N-ethyl adjacent to an activating group) is 1. The number of hydrogen-bond donors (Lipinski definition) is 1. The number of rotatable bonds is 8. The van der Waals surface area contributed by atoms with Gasteiger partial charge in [0.05, 0.1) is 13.1 Å². The molecule has 30 heavy (non-hydrogen) atoms. The van der Waals surface area contributed by atoms with Gasteiger partial charge in [0.2, 0.25) is 5.91 Å². The summed E-state index contributed by atoms with van der Waals surface area (Å²) < 4.78 is 6.48. The molecule has 0 radical (unpaired) electrons. The van der Waals surface area contributed by atoms with E-state index in [4.69, 9.17) is 4.74 Å². The highest BCUT2D eigenvalue weighted by Gasteiger charge is 2.21. The maximum atomic E-state index is 12.4. The van der Waals surface area contributed by atoms with E-state index in [9.17, 15) is 14.4 Å². The molecule has 1 N–H and O–H groups in total. The molecule has 0 aliphatic rings. The van der Waals surface area contributed by atoms with E-state index < -0.39 is 18.5 Å². The van der Waals surface area contributed by atoms with Crippen LogP contribution >= 0.6 is 11.3 Å². The van der Waals surface area contributed by atoms with Crippen molar-refractivity contribution in [2.45, 2.75) is 27.3 Å². The fourth-order valence-electron chi connectivity index (χ4n) is 2.74. The Morgan fingerprint density at radius 2 is 2.07 bits per heavy atom. The predicted molar refractivity (Wildman–Crippen MR) is 109 cm³/mol. The van der Waals surface area contributed by atoms with Gasteiger partial charge in [-0.3, -0.25) is 9.59 Å². The van der Waals surface area contributed by atoms with Crippen molar-refractivity contribution in [3.63, 3.8) is 0 Å². The molecule has 0 bridgehead atoms. The quantitative estimate of drug-likeness (QED) is 0.532. The maximum Gasteiger partial charge on any atom is 0.378 e. The lowest BCUT2D eigenvalue weighted by molar-refractivity contribution is -0.138. The van der Waals surface area contributed by atoms with E-state index >= 15 is 0 Å². The largest absolute Gasteiger partial charge is 0.450 e. The molecule has 3 aromatic heterocycles. The van der Waals surface area contributed by atoms with Crippen LogP contribution in [0.1, 0.15) is 33.8 Å². The number of amides is 2. The Hall–Kier alpha value is -3.34. The maximum absolute atomic E-state index is 12.4. The van der Waals surface area contributed by atoms with Gasteiger partial charge in [0, 0.05) is 22.8 Å². The number of aryl methyl sites for hydroxylation is 2. The van der Waals surface area contributed by atoms with Crippen molar-refractivity contribution in [2.75, 3.05) is 19.7 Å². The molecule has 3 rings (SSSR count). The van der Waals surface area contributed by atoms with Gasteiger partial charge >= 0.3 is 5.97 Å². The lowest BCUT2D eigenvalue weighted by Crippen LogP contribution is -2.42. The lowest BCUT2D eigenvalue weighted by atomic mass is 10.4. The second-order valence-electron chi connectivity index (χ2n) is 6.53. The Kier molecular flexibility index (Phi) is 6.72. The molecule has 0 atom stereocenters. The van der Waals surface area contributed by atoms with Gasteiger partial charge in [-0.15, -0.1) is 16.4 Å². The van der Waals surface area contributed by atoms with Crippen molar-refractivity contribution in [3.8, 4) is 0 Å². The van der Waals surface area contributed by atoms with Crippen LogP contribution in [0, 0.1) is 13.8 Å². The summed E-state index contributed by atoms with van der Waals surface area (Å²) in [5, 5.41) is 8.76. The summed E-state index contributed by atoms with van der Waals surface area (Å²) in [4.78, 5) is 47.3. The summed E-state index contributed by atoms with van der Waals surface area (Å²) in [5.41, 5.74) is 1.52. The third kappa shape index (κ3) is 5.17. The van der Waals surface area contributed by atoms with Gasteiger partial charge in [-0.2, -0.15) is 4.98 Å². The first kappa shape index (κ1) is 21.4. The number of ether oxygens (including phenoxy) is 1. The van der Waals surface area contributed by atoms with Crippen LogP contribution < -0.4 is 5.32 Å². The molecule has 0 aromatic carbocycles. The zero-order valence-corrected chi connectivity index (χ0v) is 17.7. The van der Waals surface area contributed by atoms with E-state index in [0.29, 0.717) is 13.1 Å². The van der Waals surface area contributed by atoms with E-state index in [1.54, 1.807) is 6.92 Å². The van der Waals surface area contributed by atoms with Gasteiger partial charge in [0.25, 0.3) is 17.5 Å². The normalized spacial score (nSPS) is 10.8. The number of carbonyl (C=O) groups is 3. The minimum absolute atomic E-state index is 0.118. The molecule has 0 aliphatic carbocycles. The van der Waals surface area contributed by atoms with E-state index in [1.807, 2.05) is 37.4 Å². The first-order valence-electron chi connectivity index (χ1n) is 9.32. The van der Waals surface area contributed by atoms with Gasteiger partial charge in [0.1, 0.15) is 0 Å². The van der Waals surface area contributed by atoms with Crippen molar-refractivity contribution >= 4 is 34.9 Å². The van der Waals surface area contributed by atoms with Crippen molar-refractivity contribution in [3.05, 3.63) is 45.7 Å². The SMILES string of the molecule is CCN(CC(=O)NCc1cccs1)C(=O)COC(=O)c1nc2nc(C)cc(C)n2n1. The van der Waals surface area contributed by atoms with Crippen LogP contribution in [0.4, 0.5) is 0 Å². The van der Waals surface area contributed by atoms with Gasteiger partial charge in [-0.1, -0.05) is 6.07 Å². The number of nitrogens with zero attached hydrogens (tertiary/aromatic N) is 5. The van der Waals surface area contributed by atoms with Gasteiger partial charge in [-0.05, 0) is 38.3 Å². The topological polar surface area (TPSA) is 119 Å². The van der Waals surface area contributed by atoms with Crippen molar-refractivity contribution in [1.29, 1.82) is 0 Å². The Labute approximate surface area is 176 Å². The van der Waals surface area contributed by atoms with Gasteiger partial charge < -0.3 is 15.0 Å². The first-order valence-corrected chi connectivity index (χ1v) is 10.2. The molecule has 11 heteroatoms. The fraction of sp³-hybridized carbons (Fsp3) is 0.368. The van der Waals surface area contributed by atoms with Gasteiger partial charge in [0.15, 0.2) is 6.61 Å². The van der Waals surface area contributed by atoms with E-state index in [-0.39, 0.29) is 24.1 Å². The first-order chi connectivity index (χ1) is 14.4. The molecule has 2 amide bonds. The summed E-state index contributed by atoms with van der Waals surface area (Å²) in [6.45, 7) is 5.46. The standard InChI is InChI=1S/C19H22N6O4S/c1-4-24(10-15(26)20-9-14-6-5-7-30-14)16(27)11-29-18(28)17-22-19-21-12(2)8-13(3)25(19)23-17/h5-8H,4,9-11H2,1-3H3,(H,20,26). The van der Waals surface area contributed by atoms with Crippen molar-refractivity contribution in [2.24, 2.45) is 0 Å². The number of thiophene rings is 1. The van der Waals surface area contributed by atoms with Crippen molar-refractivity contribution in [1.82, 2.24) is 29.8 Å². The highest BCUT2D eigenvalue weighted by atomic mass is 32.1. The monoisotopic (exact) mass is 430 g/mol. The highest BCUT2D eigenvalue weighted by molar-refractivity contribution is 7.09. The summed E-state index contributed by atoms with van der Waals surface area (Å²) in [6.07, 6.45) is 0. The number of nitrogens with one attached hydrogen (secondary N) is 1. The Morgan fingerprint density at radius 1 is 1.27 bits per heavy atom. The van der Waals surface area contributed by atoms with Gasteiger partial charge in [-0.25, -0.2) is 14.3 Å². The minimum atomic E-state index is -0.830. The molecule has 0 saturated heterocycles. The Balaban J connectivity index is 1.53. The number of hydrogen-bond acceptors (Lipinski definition) is 8. The second kappa shape index (κ2) is 9.44. The minimum Gasteiger partial charge on any atom is -0.450 e. The molecule has 0 fully saturated rings. The molecule has 0 saturated carbocycles. The zero-order valence-electron chi connectivity index (χ0n) is 16.9. The molecule has 0 unspecified atom stereocenters. The number of fused-ring (bicyclic) bond motifs is 1. The summed E-state index contributed by atoms with van der Waals surface area (Å²) in [6, 6.07) is 5.63. The Bertz CT molecular complexity index is 1060. The number of carbonyl (C=O) groups excluding carboxylic acids is 3. The summed E-state index contributed by atoms with van der Waals surface area (Å²) in [7, 11) is 0. The molecule has 3 heterocycles. The van der Waals surface area contributed by atoms with Crippen molar-refractivity contribution < 1.29 is 19.1 Å². The molecule has 10 nitrogen and oxygen atoms in total. The summed E-state index contributed by atoms with van der Waals surface area (Å²) >= 11 is 1.54. The van der Waals surface area contributed by atoms with Crippen LogP contribution in [-0.4, -0.2) is 62.0 Å². The average molecular weight is 430 g/mol. The smallest absolute Gasteiger partial charge is 0.378 e.